The van der Waals surface area contributed by atoms with Crippen LogP contribution in [0.5, 0.6) is 0 Å². The first-order valence-corrected chi connectivity index (χ1v) is 8.49. The number of aromatic nitrogens is 4. The summed E-state index contributed by atoms with van der Waals surface area (Å²) in [4.78, 5) is 30.3. The molecule has 0 aliphatic heterocycles. The van der Waals surface area contributed by atoms with Crippen LogP contribution in [-0.2, 0) is 4.57 Å². The molecule has 1 aliphatic rings. The van der Waals surface area contributed by atoms with Gasteiger partial charge in [-0.2, -0.15) is 9.97 Å². The summed E-state index contributed by atoms with van der Waals surface area (Å²) in [6.07, 6.45) is 2.02. The number of nitrogens with zero attached hydrogens (tertiary/aromatic N) is 4. The molecule has 0 spiro atoms. The largest absolute Gasteiger partial charge is 0.389 e. The van der Waals surface area contributed by atoms with Crippen LogP contribution in [0.1, 0.15) is 25.3 Å². The molecule has 1 fully saturated rings. The van der Waals surface area contributed by atoms with Crippen LogP contribution < -0.4 is 11.5 Å². The van der Waals surface area contributed by atoms with Crippen molar-refractivity contribution in [1.29, 1.82) is 0 Å². The molecule has 11 heteroatoms. The maximum absolute atomic E-state index is 11.1. The van der Waals surface area contributed by atoms with Gasteiger partial charge in [-0.15, -0.1) is 0 Å². The summed E-state index contributed by atoms with van der Waals surface area (Å²) in [5, 5.41) is 10.4. The molecule has 2 heterocycles. The van der Waals surface area contributed by atoms with Crippen LogP contribution in [0.2, 0.25) is 0 Å². The molecule has 3 rings (SSSR count). The number of hydrogen-bond donors (Lipinski definition) is 5. The van der Waals surface area contributed by atoms with Gasteiger partial charge in [0.2, 0.25) is 5.95 Å². The van der Waals surface area contributed by atoms with Crippen molar-refractivity contribution in [1.82, 2.24) is 19.5 Å². The number of rotatable bonds is 3. The zero-order chi connectivity index (χ0) is 16.1. The quantitative estimate of drug-likeness (QED) is 0.471. The Hall–Kier alpha value is -1.74. The summed E-state index contributed by atoms with van der Waals surface area (Å²) in [5.74, 6) is 0.194. The monoisotopic (exact) mass is 328 g/mol. The molecule has 2 atom stereocenters. The van der Waals surface area contributed by atoms with Gasteiger partial charge >= 0.3 is 7.60 Å². The first-order chi connectivity index (χ1) is 10.2. The average Bonchev–Trinajstić information content (AvgIpc) is 2.90. The molecule has 120 valence electrons. The third-order valence-electron chi connectivity index (χ3n) is 3.92. The predicted octanol–water partition coefficient (Wildman–Crippen LogP) is -0.376. The summed E-state index contributed by atoms with van der Waals surface area (Å²) < 4.78 is 12.9. The van der Waals surface area contributed by atoms with Crippen LogP contribution in [0.25, 0.3) is 11.2 Å². The number of fused-ring (bicyclic) bond motifs is 1. The Bertz CT molecular complexity index is 773. The Morgan fingerprint density at radius 2 is 2.14 bits per heavy atom. The zero-order valence-corrected chi connectivity index (χ0v) is 12.5. The van der Waals surface area contributed by atoms with Crippen molar-refractivity contribution < 1.29 is 19.5 Å². The molecule has 2 aromatic heterocycles. The molecular formula is C11H17N6O4P. The first-order valence-electron chi connectivity index (χ1n) is 6.69. The van der Waals surface area contributed by atoms with Crippen molar-refractivity contribution >= 4 is 30.5 Å². The van der Waals surface area contributed by atoms with E-state index in [0.717, 1.165) is 0 Å². The van der Waals surface area contributed by atoms with E-state index in [4.69, 9.17) is 21.3 Å². The summed E-state index contributed by atoms with van der Waals surface area (Å²) in [5.41, 5.74) is 10.8. The molecule has 7 N–H and O–H groups in total. The minimum Gasteiger partial charge on any atom is -0.389 e. The Balaban J connectivity index is 1.92. The highest BCUT2D eigenvalue weighted by Crippen LogP contribution is 2.47. The summed E-state index contributed by atoms with van der Waals surface area (Å²) >= 11 is 0. The normalized spacial score (nSPS) is 25.9. The van der Waals surface area contributed by atoms with Crippen LogP contribution in [0, 0.1) is 0 Å². The second-order valence-corrected chi connectivity index (χ2v) is 7.38. The maximum Gasteiger partial charge on any atom is 0.328 e. The molecule has 0 saturated heterocycles. The van der Waals surface area contributed by atoms with Crippen LogP contribution in [-0.4, -0.2) is 46.2 Å². The fraction of sp³-hybridized carbons (Fsp3) is 0.545. The molecule has 0 aromatic carbocycles. The second-order valence-electron chi connectivity index (χ2n) is 5.73. The van der Waals surface area contributed by atoms with E-state index < -0.39 is 19.4 Å². The van der Waals surface area contributed by atoms with E-state index in [-0.39, 0.29) is 24.2 Å². The second kappa shape index (κ2) is 4.88. The van der Waals surface area contributed by atoms with Crippen molar-refractivity contribution in [2.24, 2.45) is 0 Å². The standard InChI is InChI=1S/C11H17N6O4P/c12-8-7-9(16-10(13)15-8)17(5-14-7)6-1-2-11(18,3-6)4-22(19,20)21/h5-6,18H,1-4H2,(H2,19,20,21)(H4,12,13,15,16)/t6-,11-/m0/s1. The molecule has 1 saturated carbocycles. The van der Waals surface area contributed by atoms with Gasteiger partial charge in [0.25, 0.3) is 0 Å². The van der Waals surface area contributed by atoms with Gasteiger partial charge in [0, 0.05) is 6.04 Å². The topological polar surface area (TPSA) is 173 Å². The molecule has 0 radical (unpaired) electrons. The van der Waals surface area contributed by atoms with Gasteiger partial charge in [0.05, 0.1) is 18.1 Å². The summed E-state index contributed by atoms with van der Waals surface area (Å²) in [6.45, 7) is 0. The van der Waals surface area contributed by atoms with Gasteiger partial charge in [0.15, 0.2) is 11.5 Å². The van der Waals surface area contributed by atoms with E-state index >= 15 is 0 Å². The highest BCUT2D eigenvalue weighted by atomic mass is 31.2. The Morgan fingerprint density at radius 1 is 1.41 bits per heavy atom. The highest BCUT2D eigenvalue weighted by molar-refractivity contribution is 7.51. The minimum atomic E-state index is -4.29. The molecule has 0 amide bonds. The van der Waals surface area contributed by atoms with E-state index in [0.29, 0.717) is 24.0 Å². The Morgan fingerprint density at radius 3 is 2.82 bits per heavy atom. The van der Waals surface area contributed by atoms with Crippen molar-refractivity contribution in [2.45, 2.75) is 30.9 Å². The predicted molar refractivity (Wildman–Crippen MR) is 78.9 cm³/mol. The van der Waals surface area contributed by atoms with Crippen LogP contribution >= 0.6 is 7.60 Å². The van der Waals surface area contributed by atoms with E-state index in [1.54, 1.807) is 4.57 Å². The number of hydrogen-bond acceptors (Lipinski definition) is 7. The van der Waals surface area contributed by atoms with Crippen LogP contribution in [0.4, 0.5) is 11.8 Å². The third-order valence-corrected chi connectivity index (χ3v) is 4.92. The first kappa shape index (κ1) is 15.2. The molecule has 0 bridgehead atoms. The SMILES string of the molecule is Nc1nc(N)c2ncn([C@H]3CC[C@@](O)(CP(=O)(O)O)C3)c2n1. The fourth-order valence-corrected chi connectivity index (χ4v) is 4.12. The number of aliphatic hydroxyl groups is 1. The zero-order valence-electron chi connectivity index (χ0n) is 11.6. The number of nitrogen functional groups attached to an aromatic ring is 2. The lowest BCUT2D eigenvalue weighted by Gasteiger charge is -2.23. The van der Waals surface area contributed by atoms with Crippen molar-refractivity contribution in [3.8, 4) is 0 Å². The Kier molecular flexibility index (Phi) is 3.37. The smallest absolute Gasteiger partial charge is 0.328 e. The van der Waals surface area contributed by atoms with E-state index in [1.807, 2.05) is 0 Å². The summed E-state index contributed by atoms with van der Waals surface area (Å²) in [7, 11) is -4.29. The number of nitrogens with two attached hydrogens (primary N) is 2. The molecular weight excluding hydrogens is 311 g/mol. The van der Waals surface area contributed by atoms with Gasteiger partial charge < -0.3 is 30.9 Å². The summed E-state index contributed by atoms with van der Waals surface area (Å²) in [6, 6.07) is -0.185. The maximum atomic E-state index is 11.1. The van der Waals surface area contributed by atoms with Crippen LogP contribution in [0.15, 0.2) is 6.33 Å². The van der Waals surface area contributed by atoms with E-state index in [9.17, 15) is 9.67 Å². The average molecular weight is 328 g/mol. The minimum absolute atomic E-state index is 0.0234. The lowest BCUT2D eigenvalue weighted by Crippen LogP contribution is -2.30. The lowest BCUT2D eigenvalue weighted by atomic mass is 10.1. The van der Waals surface area contributed by atoms with Gasteiger partial charge in [-0.05, 0) is 19.3 Å². The molecule has 1 aliphatic carbocycles. The van der Waals surface area contributed by atoms with Gasteiger partial charge in [-0.3, -0.25) is 4.57 Å². The fourth-order valence-electron chi connectivity index (χ4n) is 3.07. The van der Waals surface area contributed by atoms with Gasteiger partial charge in [0.1, 0.15) is 5.52 Å². The van der Waals surface area contributed by atoms with E-state index in [2.05, 4.69) is 15.0 Å². The highest BCUT2D eigenvalue weighted by Gasteiger charge is 2.43. The molecule has 10 nitrogen and oxygen atoms in total. The molecule has 0 unspecified atom stereocenters. The van der Waals surface area contributed by atoms with Crippen molar-refractivity contribution in [3.05, 3.63) is 6.33 Å². The van der Waals surface area contributed by atoms with Gasteiger partial charge in [-0.25, -0.2) is 4.98 Å². The van der Waals surface area contributed by atoms with E-state index in [1.165, 1.54) is 6.33 Å². The third kappa shape index (κ3) is 2.78. The van der Waals surface area contributed by atoms with Crippen LogP contribution in [0.3, 0.4) is 0 Å². The van der Waals surface area contributed by atoms with Gasteiger partial charge in [-0.1, -0.05) is 0 Å². The van der Waals surface area contributed by atoms with Crippen molar-refractivity contribution in [2.75, 3.05) is 17.6 Å². The Labute approximate surface area is 125 Å². The number of anilines is 2. The lowest BCUT2D eigenvalue weighted by molar-refractivity contribution is 0.0625. The molecule has 2 aromatic rings. The number of imidazole rings is 1. The van der Waals surface area contributed by atoms with Crippen molar-refractivity contribution in [3.63, 3.8) is 0 Å². The molecule has 22 heavy (non-hydrogen) atoms.